The number of nitrogens with zero attached hydrogens (tertiary/aromatic N) is 1. The molecule has 2 amide bonds. The Morgan fingerprint density at radius 1 is 0.939 bits per heavy atom. The molecule has 0 saturated heterocycles. The van der Waals surface area contributed by atoms with Crippen LogP contribution in [0.1, 0.15) is 26.3 Å². The van der Waals surface area contributed by atoms with Gasteiger partial charge in [0.1, 0.15) is 11.5 Å². The topological polar surface area (TPSA) is 106 Å². The maximum absolute atomic E-state index is 12.2. The van der Waals surface area contributed by atoms with Gasteiger partial charge in [-0.2, -0.15) is 5.10 Å². The van der Waals surface area contributed by atoms with E-state index in [9.17, 15) is 14.4 Å². The first-order valence-corrected chi connectivity index (χ1v) is 10.1. The fourth-order valence-electron chi connectivity index (χ4n) is 2.63. The third-order valence-electron chi connectivity index (χ3n) is 4.32. The molecule has 0 aromatic heterocycles. The number of halogens is 1. The van der Waals surface area contributed by atoms with E-state index in [0.717, 1.165) is 0 Å². The summed E-state index contributed by atoms with van der Waals surface area (Å²) in [5.41, 5.74) is 3.74. The van der Waals surface area contributed by atoms with Gasteiger partial charge in [0.2, 0.25) is 0 Å². The first-order valence-electron chi connectivity index (χ1n) is 9.76. The Balaban J connectivity index is 1.45. The maximum Gasteiger partial charge on any atom is 0.343 e. The smallest absolute Gasteiger partial charge is 0.343 e. The number of rotatable bonds is 8. The zero-order valence-corrected chi connectivity index (χ0v) is 18.3. The Hall–Kier alpha value is -4.17. The van der Waals surface area contributed by atoms with Crippen LogP contribution in [0, 0.1) is 0 Å². The molecular weight excluding hydrogens is 446 g/mol. The zero-order valence-electron chi connectivity index (χ0n) is 17.6. The van der Waals surface area contributed by atoms with Crippen molar-refractivity contribution in [2.75, 3.05) is 13.7 Å². The molecule has 0 aliphatic rings. The van der Waals surface area contributed by atoms with Crippen LogP contribution in [0.5, 0.6) is 11.5 Å². The van der Waals surface area contributed by atoms with Crippen LogP contribution in [-0.4, -0.2) is 37.7 Å². The number of carbonyl (C=O) groups is 3. The highest BCUT2D eigenvalue weighted by Crippen LogP contribution is 2.16. The molecule has 0 aliphatic heterocycles. The quantitative estimate of drug-likeness (QED) is 0.229. The predicted octanol–water partition coefficient (Wildman–Crippen LogP) is 3.45. The molecule has 0 fully saturated rings. The first-order chi connectivity index (χ1) is 15.9. The Labute approximate surface area is 195 Å². The number of esters is 1. The Kier molecular flexibility index (Phi) is 8.15. The summed E-state index contributed by atoms with van der Waals surface area (Å²) in [6.07, 6.45) is 1.42. The molecule has 9 heteroatoms. The molecular formula is C24H20ClN3O5. The number of hydrazone groups is 1. The second-order valence-electron chi connectivity index (χ2n) is 6.67. The Morgan fingerprint density at radius 3 is 2.30 bits per heavy atom. The molecule has 3 aromatic carbocycles. The summed E-state index contributed by atoms with van der Waals surface area (Å²) >= 11 is 5.84. The second-order valence-corrected chi connectivity index (χ2v) is 7.11. The molecule has 8 nitrogen and oxygen atoms in total. The Bertz CT molecular complexity index is 1160. The molecule has 3 rings (SSSR count). The van der Waals surface area contributed by atoms with Crippen molar-refractivity contribution in [2.24, 2.45) is 5.10 Å². The van der Waals surface area contributed by atoms with Crippen LogP contribution in [0.25, 0.3) is 0 Å². The van der Waals surface area contributed by atoms with E-state index in [1.54, 1.807) is 73.8 Å². The molecule has 0 aliphatic carbocycles. The van der Waals surface area contributed by atoms with E-state index in [1.165, 1.54) is 12.3 Å². The molecule has 0 bridgehead atoms. The maximum atomic E-state index is 12.2. The summed E-state index contributed by atoms with van der Waals surface area (Å²) in [4.78, 5) is 36.0. The number of amides is 2. The van der Waals surface area contributed by atoms with Gasteiger partial charge in [-0.15, -0.1) is 0 Å². The number of hydrogen-bond donors (Lipinski definition) is 2. The van der Waals surface area contributed by atoms with E-state index < -0.39 is 17.8 Å². The summed E-state index contributed by atoms with van der Waals surface area (Å²) in [5, 5.41) is 6.75. The summed E-state index contributed by atoms with van der Waals surface area (Å²) in [6, 6.07) is 19.5. The largest absolute Gasteiger partial charge is 0.497 e. The number of methoxy groups -OCH3 is 1. The lowest BCUT2D eigenvalue weighted by molar-refractivity contribution is -0.120. The molecule has 0 heterocycles. The van der Waals surface area contributed by atoms with Crippen LogP contribution >= 0.6 is 11.6 Å². The summed E-state index contributed by atoms with van der Waals surface area (Å²) < 4.78 is 10.4. The van der Waals surface area contributed by atoms with Crippen molar-refractivity contribution in [1.82, 2.24) is 10.7 Å². The highest BCUT2D eigenvalue weighted by atomic mass is 35.5. The third kappa shape index (κ3) is 7.19. The minimum Gasteiger partial charge on any atom is -0.497 e. The van der Waals surface area contributed by atoms with E-state index in [4.69, 9.17) is 21.1 Å². The SMILES string of the molecule is COc1ccc(C(=O)Oc2ccc(C=NNC(=O)CNC(=O)c3cccc(Cl)c3)cc2)cc1. The van der Waals surface area contributed by atoms with E-state index in [2.05, 4.69) is 15.8 Å². The van der Waals surface area contributed by atoms with Crippen molar-refractivity contribution in [2.45, 2.75) is 0 Å². The average Bonchev–Trinajstić information content (AvgIpc) is 2.83. The van der Waals surface area contributed by atoms with Crippen molar-refractivity contribution in [3.63, 3.8) is 0 Å². The summed E-state index contributed by atoms with van der Waals surface area (Å²) in [7, 11) is 1.55. The highest BCUT2D eigenvalue weighted by Gasteiger charge is 2.09. The van der Waals surface area contributed by atoms with Gasteiger partial charge in [0, 0.05) is 10.6 Å². The Morgan fingerprint density at radius 2 is 1.64 bits per heavy atom. The standard InChI is InChI=1S/C24H20ClN3O5/c1-32-20-11-7-17(8-12-20)24(31)33-21-9-5-16(6-10-21)14-27-28-22(29)15-26-23(30)18-3-2-4-19(25)13-18/h2-14H,15H2,1H3,(H,26,30)(H,28,29). The van der Waals surface area contributed by atoms with Crippen LogP contribution in [-0.2, 0) is 4.79 Å². The van der Waals surface area contributed by atoms with Gasteiger partial charge in [-0.25, -0.2) is 10.2 Å². The average molecular weight is 466 g/mol. The molecule has 0 radical (unpaired) electrons. The molecule has 0 unspecified atom stereocenters. The fraction of sp³-hybridized carbons (Fsp3) is 0.0833. The summed E-state index contributed by atoms with van der Waals surface area (Å²) in [5.74, 6) is -0.402. The van der Waals surface area contributed by atoms with E-state index in [1.807, 2.05) is 0 Å². The third-order valence-corrected chi connectivity index (χ3v) is 4.55. The van der Waals surface area contributed by atoms with Gasteiger partial charge in [-0.1, -0.05) is 17.7 Å². The minimum absolute atomic E-state index is 0.247. The molecule has 0 spiro atoms. The van der Waals surface area contributed by atoms with Crippen LogP contribution < -0.4 is 20.2 Å². The lowest BCUT2D eigenvalue weighted by Crippen LogP contribution is -2.34. The van der Waals surface area contributed by atoms with Crippen molar-refractivity contribution in [3.05, 3.63) is 94.5 Å². The number of benzene rings is 3. The normalized spacial score (nSPS) is 10.5. The number of nitrogens with one attached hydrogen (secondary N) is 2. The number of ether oxygens (including phenoxy) is 2. The molecule has 0 atom stereocenters. The van der Waals surface area contributed by atoms with E-state index in [0.29, 0.717) is 33.2 Å². The van der Waals surface area contributed by atoms with Gasteiger partial charge in [-0.3, -0.25) is 9.59 Å². The van der Waals surface area contributed by atoms with Crippen molar-refractivity contribution < 1.29 is 23.9 Å². The lowest BCUT2D eigenvalue weighted by atomic mass is 10.2. The van der Waals surface area contributed by atoms with Crippen LogP contribution in [0.15, 0.2) is 77.9 Å². The molecule has 2 N–H and O–H groups in total. The van der Waals surface area contributed by atoms with E-state index >= 15 is 0 Å². The van der Waals surface area contributed by atoms with Gasteiger partial charge in [0.05, 0.1) is 25.4 Å². The summed E-state index contributed by atoms with van der Waals surface area (Å²) in [6.45, 7) is -0.247. The molecule has 33 heavy (non-hydrogen) atoms. The number of carbonyl (C=O) groups excluding carboxylic acids is 3. The van der Waals surface area contributed by atoms with Gasteiger partial charge in [0.15, 0.2) is 0 Å². The second kappa shape index (κ2) is 11.4. The number of hydrogen-bond acceptors (Lipinski definition) is 6. The minimum atomic E-state index is -0.494. The van der Waals surface area contributed by atoms with Crippen molar-refractivity contribution in [1.29, 1.82) is 0 Å². The van der Waals surface area contributed by atoms with E-state index in [-0.39, 0.29) is 6.54 Å². The van der Waals surface area contributed by atoms with Crippen LogP contribution in [0.3, 0.4) is 0 Å². The van der Waals surface area contributed by atoms with Crippen molar-refractivity contribution in [3.8, 4) is 11.5 Å². The van der Waals surface area contributed by atoms with Crippen LogP contribution in [0.2, 0.25) is 5.02 Å². The first kappa shape index (κ1) is 23.5. The molecule has 3 aromatic rings. The monoisotopic (exact) mass is 465 g/mol. The van der Waals surface area contributed by atoms with Gasteiger partial charge in [-0.05, 0) is 72.3 Å². The molecule has 168 valence electrons. The zero-order chi connectivity index (χ0) is 23.6. The fourth-order valence-corrected chi connectivity index (χ4v) is 2.82. The van der Waals surface area contributed by atoms with Crippen LogP contribution in [0.4, 0.5) is 0 Å². The lowest BCUT2D eigenvalue weighted by Gasteiger charge is -2.06. The molecule has 0 saturated carbocycles. The van der Waals surface area contributed by atoms with Gasteiger partial charge in [0.25, 0.3) is 11.8 Å². The van der Waals surface area contributed by atoms with Gasteiger partial charge < -0.3 is 14.8 Å². The predicted molar refractivity (Wildman–Crippen MR) is 124 cm³/mol. The van der Waals surface area contributed by atoms with Gasteiger partial charge >= 0.3 is 5.97 Å². The highest BCUT2D eigenvalue weighted by molar-refractivity contribution is 6.31. The van der Waals surface area contributed by atoms with Crippen molar-refractivity contribution >= 4 is 35.6 Å².